The summed E-state index contributed by atoms with van der Waals surface area (Å²) < 4.78 is 0. The van der Waals surface area contributed by atoms with Gasteiger partial charge in [0.25, 0.3) is 0 Å². The van der Waals surface area contributed by atoms with Gasteiger partial charge in [-0.3, -0.25) is 0 Å². The number of hydrogen-bond acceptors (Lipinski definition) is 2. The predicted molar refractivity (Wildman–Crippen MR) is 81.1 cm³/mol. The van der Waals surface area contributed by atoms with Crippen LogP contribution in [0, 0.1) is 0 Å². The first kappa shape index (κ1) is 16.0. The highest BCUT2D eigenvalue weighted by Gasteiger charge is 2.27. The average Bonchev–Trinajstić information content (AvgIpc) is 2.40. The monoisotopic (exact) mass is 254 g/mol. The highest BCUT2D eigenvalue weighted by Crippen LogP contribution is 2.21. The van der Waals surface area contributed by atoms with Crippen molar-refractivity contribution in [2.24, 2.45) is 0 Å². The van der Waals surface area contributed by atoms with Gasteiger partial charge < -0.3 is 10.2 Å². The van der Waals surface area contributed by atoms with Gasteiger partial charge in [-0.25, -0.2) is 0 Å². The van der Waals surface area contributed by atoms with E-state index in [4.69, 9.17) is 0 Å². The summed E-state index contributed by atoms with van der Waals surface area (Å²) in [5.41, 5.74) is 0.399. The third-order valence-electron chi connectivity index (χ3n) is 4.64. The summed E-state index contributed by atoms with van der Waals surface area (Å²) in [6.45, 7) is 8.54. The van der Waals surface area contributed by atoms with Gasteiger partial charge >= 0.3 is 0 Å². The third kappa shape index (κ3) is 6.19. The molecular formula is C16H34N2. The van der Waals surface area contributed by atoms with E-state index in [0.717, 1.165) is 0 Å². The Balaban J connectivity index is 1.95. The number of nitrogens with one attached hydrogen (secondary N) is 1. The van der Waals surface area contributed by atoms with Crippen LogP contribution in [-0.4, -0.2) is 37.1 Å². The highest BCUT2D eigenvalue weighted by molar-refractivity contribution is 4.87. The van der Waals surface area contributed by atoms with E-state index >= 15 is 0 Å². The first-order valence-corrected chi connectivity index (χ1v) is 8.11. The summed E-state index contributed by atoms with van der Waals surface area (Å²) in [6.07, 6.45) is 12.6. The van der Waals surface area contributed by atoms with Crippen molar-refractivity contribution in [3.8, 4) is 0 Å². The SMILES string of the molecule is CCCCCCCCCN1CCC(C)(NC)CC1. The van der Waals surface area contributed by atoms with E-state index < -0.39 is 0 Å². The minimum Gasteiger partial charge on any atom is -0.314 e. The maximum atomic E-state index is 3.47. The largest absolute Gasteiger partial charge is 0.314 e. The topological polar surface area (TPSA) is 15.3 Å². The van der Waals surface area contributed by atoms with Crippen molar-refractivity contribution in [1.82, 2.24) is 10.2 Å². The summed E-state index contributed by atoms with van der Waals surface area (Å²) in [5, 5.41) is 3.47. The maximum Gasteiger partial charge on any atom is 0.0174 e. The third-order valence-corrected chi connectivity index (χ3v) is 4.64. The lowest BCUT2D eigenvalue weighted by molar-refractivity contribution is 0.150. The Morgan fingerprint density at radius 1 is 0.944 bits per heavy atom. The fourth-order valence-electron chi connectivity index (χ4n) is 2.81. The van der Waals surface area contributed by atoms with Crippen molar-refractivity contribution in [3.05, 3.63) is 0 Å². The molecule has 0 aromatic carbocycles. The second kappa shape index (κ2) is 8.92. The number of likely N-dealkylation sites (tertiary alicyclic amines) is 1. The summed E-state index contributed by atoms with van der Waals surface area (Å²) in [5.74, 6) is 0. The van der Waals surface area contributed by atoms with Gasteiger partial charge in [0.15, 0.2) is 0 Å². The Morgan fingerprint density at radius 2 is 1.50 bits per heavy atom. The van der Waals surface area contributed by atoms with Crippen LogP contribution >= 0.6 is 0 Å². The van der Waals surface area contributed by atoms with Crippen LogP contribution in [0.4, 0.5) is 0 Å². The molecule has 0 aromatic rings. The zero-order valence-corrected chi connectivity index (χ0v) is 12.9. The number of rotatable bonds is 9. The summed E-state index contributed by atoms with van der Waals surface area (Å²) >= 11 is 0. The second-order valence-electron chi connectivity index (χ2n) is 6.27. The van der Waals surface area contributed by atoms with Crippen molar-refractivity contribution in [2.45, 2.75) is 77.2 Å². The molecule has 1 aliphatic heterocycles. The van der Waals surface area contributed by atoms with Gasteiger partial charge in [0, 0.05) is 5.54 Å². The lowest BCUT2D eigenvalue weighted by atomic mass is 9.90. The van der Waals surface area contributed by atoms with E-state index in [9.17, 15) is 0 Å². The van der Waals surface area contributed by atoms with Crippen molar-refractivity contribution < 1.29 is 0 Å². The van der Waals surface area contributed by atoms with Crippen LogP contribution < -0.4 is 5.32 Å². The molecule has 0 spiro atoms. The van der Waals surface area contributed by atoms with Crippen LogP contribution in [0.25, 0.3) is 0 Å². The first-order valence-electron chi connectivity index (χ1n) is 8.11. The van der Waals surface area contributed by atoms with Crippen molar-refractivity contribution >= 4 is 0 Å². The van der Waals surface area contributed by atoms with E-state index in [1.165, 1.54) is 77.4 Å². The number of nitrogens with zero attached hydrogens (tertiary/aromatic N) is 1. The van der Waals surface area contributed by atoms with Crippen LogP contribution in [0.1, 0.15) is 71.6 Å². The summed E-state index contributed by atoms with van der Waals surface area (Å²) in [6, 6.07) is 0. The van der Waals surface area contributed by atoms with Gasteiger partial charge in [-0.1, -0.05) is 45.4 Å². The Bertz CT molecular complexity index is 195. The average molecular weight is 254 g/mol. The molecule has 0 radical (unpaired) electrons. The van der Waals surface area contributed by atoms with Gasteiger partial charge in [-0.15, -0.1) is 0 Å². The second-order valence-corrected chi connectivity index (χ2v) is 6.27. The van der Waals surface area contributed by atoms with E-state index in [2.05, 4.69) is 31.1 Å². The van der Waals surface area contributed by atoms with Gasteiger partial charge in [-0.2, -0.15) is 0 Å². The fourth-order valence-corrected chi connectivity index (χ4v) is 2.81. The van der Waals surface area contributed by atoms with Crippen molar-refractivity contribution in [2.75, 3.05) is 26.7 Å². The standard InChI is InChI=1S/C16H34N2/c1-4-5-6-7-8-9-10-13-18-14-11-16(2,17-3)12-15-18/h17H,4-15H2,1-3H3. The van der Waals surface area contributed by atoms with Gasteiger partial charge in [0.05, 0.1) is 0 Å². The van der Waals surface area contributed by atoms with E-state index in [0.29, 0.717) is 5.54 Å². The Morgan fingerprint density at radius 3 is 2.06 bits per heavy atom. The molecule has 1 saturated heterocycles. The smallest absolute Gasteiger partial charge is 0.0174 e. The lowest BCUT2D eigenvalue weighted by Gasteiger charge is -2.39. The fraction of sp³-hybridized carbons (Fsp3) is 1.00. The van der Waals surface area contributed by atoms with Gasteiger partial charge in [-0.05, 0) is 52.9 Å². The summed E-state index contributed by atoms with van der Waals surface area (Å²) in [4.78, 5) is 2.66. The molecule has 0 saturated carbocycles. The number of hydrogen-bond donors (Lipinski definition) is 1. The highest BCUT2D eigenvalue weighted by atomic mass is 15.1. The van der Waals surface area contributed by atoms with Crippen LogP contribution in [-0.2, 0) is 0 Å². The summed E-state index contributed by atoms with van der Waals surface area (Å²) in [7, 11) is 2.10. The zero-order chi connectivity index (χ0) is 13.3. The van der Waals surface area contributed by atoms with Crippen LogP contribution in [0.15, 0.2) is 0 Å². The molecule has 2 nitrogen and oxygen atoms in total. The molecule has 1 aliphatic rings. The molecule has 1 N–H and O–H groups in total. The van der Waals surface area contributed by atoms with Crippen LogP contribution in [0.3, 0.4) is 0 Å². The minimum atomic E-state index is 0.399. The normalized spacial score (nSPS) is 20.2. The van der Waals surface area contributed by atoms with Crippen molar-refractivity contribution in [3.63, 3.8) is 0 Å². The van der Waals surface area contributed by atoms with Crippen LogP contribution in [0.5, 0.6) is 0 Å². The molecule has 2 heteroatoms. The Kier molecular flexibility index (Phi) is 7.92. The molecule has 0 amide bonds. The van der Waals surface area contributed by atoms with E-state index in [-0.39, 0.29) is 0 Å². The molecular weight excluding hydrogens is 220 g/mol. The molecule has 1 heterocycles. The zero-order valence-electron chi connectivity index (χ0n) is 12.9. The Hall–Kier alpha value is -0.0800. The van der Waals surface area contributed by atoms with Crippen molar-refractivity contribution in [1.29, 1.82) is 0 Å². The van der Waals surface area contributed by atoms with Crippen LogP contribution in [0.2, 0.25) is 0 Å². The Labute approximate surface area is 115 Å². The van der Waals surface area contributed by atoms with E-state index in [1.807, 2.05) is 0 Å². The molecule has 108 valence electrons. The number of unbranched alkanes of at least 4 members (excludes halogenated alkanes) is 6. The van der Waals surface area contributed by atoms with Gasteiger partial charge in [0.1, 0.15) is 0 Å². The lowest BCUT2D eigenvalue weighted by Crippen LogP contribution is -2.50. The molecule has 0 atom stereocenters. The quantitative estimate of drug-likeness (QED) is 0.629. The molecule has 0 aliphatic carbocycles. The molecule has 18 heavy (non-hydrogen) atoms. The predicted octanol–water partition coefficient (Wildman–Crippen LogP) is 3.81. The maximum absolute atomic E-state index is 3.47. The van der Waals surface area contributed by atoms with Gasteiger partial charge in [0.2, 0.25) is 0 Å². The molecule has 1 fully saturated rings. The number of piperidine rings is 1. The minimum absolute atomic E-state index is 0.399. The molecule has 0 aromatic heterocycles. The molecule has 0 unspecified atom stereocenters. The first-order chi connectivity index (χ1) is 8.70. The molecule has 1 rings (SSSR count). The molecule has 0 bridgehead atoms. The van der Waals surface area contributed by atoms with E-state index in [1.54, 1.807) is 0 Å².